The predicted molar refractivity (Wildman–Crippen MR) is 161 cm³/mol. The van der Waals surface area contributed by atoms with E-state index in [1.165, 1.54) is 12.1 Å². The molecule has 0 radical (unpaired) electrons. The Morgan fingerprint density at radius 2 is 1.76 bits per heavy atom. The number of nitrogen functional groups attached to an aromatic ring is 1. The van der Waals surface area contributed by atoms with Crippen molar-refractivity contribution in [2.45, 2.75) is 26.2 Å². The van der Waals surface area contributed by atoms with Crippen LogP contribution in [0.3, 0.4) is 0 Å². The van der Waals surface area contributed by atoms with Crippen molar-refractivity contribution in [2.24, 2.45) is 0 Å². The molecule has 3 aromatic rings. The number of carbonyl (C=O) groups is 1. The van der Waals surface area contributed by atoms with Crippen molar-refractivity contribution in [3.05, 3.63) is 99.7 Å². The molecule has 0 bridgehead atoms. The van der Waals surface area contributed by atoms with Crippen LogP contribution in [-0.4, -0.2) is 60.9 Å². The summed E-state index contributed by atoms with van der Waals surface area (Å²) in [4.78, 5) is 19.3. The molecule has 1 fully saturated rings. The van der Waals surface area contributed by atoms with Crippen LogP contribution >= 0.6 is 0 Å². The highest BCUT2D eigenvalue weighted by Crippen LogP contribution is 2.34. The van der Waals surface area contributed by atoms with Crippen LogP contribution in [0.1, 0.15) is 43.7 Å². The topological polar surface area (TPSA) is 64.8 Å². The molecule has 0 saturated carbocycles. The molecule has 5 rings (SSSR count). The lowest BCUT2D eigenvalue weighted by molar-refractivity contribution is -0.138. The summed E-state index contributed by atoms with van der Waals surface area (Å²) < 4.78 is 42.1. The molecule has 0 aliphatic carbocycles. The number of fused-ring (bicyclic) bond motifs is 1. The van der Waals surface area contributed by atoms with Crippen molar-refractivity contribution in [3.63, 3.8) is 0 Å². The number of anilines is 2. The summed E-state index contributed by atoms with van der Waals surface area (Å²) in [6, 6.07) is 14.9. The molecule has 3 N–H and O–H groups in total. The Morgan fingerprint density at radius 3 is 2.50 bits per heavy atom. The third-order valence-electron chi connectivity index (χ3n) is 7.75. The van der Waals surface area contributed by atoms with Gasteiger partial charge in [-0.2, -0.15) is 13.2 Å². The Labute approximate surface area is 244 Å². The van der Waals surface area contributed by atoms with E-state index in [2.05, 4.69) is 22.1 Å². The molecular weight excluding hydrogens is 539 g/mol. The summed E-state index contributed by atoms with van der Waals surface area (Å²) >= 11 is 0. The summed E-state index contributed by atoms with van der Waals surface area (Å²) in [5.41, 5.74) is 11.1. The van der Waals surface area contributed by atoms with Crippen LogP contribution in [-0.2, 0) is 19.3 Å². The van der Waals surface area contributed by atoms with Crippen LogP contribution < -0.4 is 11.1 Å². The van der Waals surface area contributed by atoms with Crippen molar-refractivity contribution in [2.75, 3.05) is 51.3 Å². The number of benzene rings is 3. The first kappa shape index (κ1) is 29.2. The van der Waals surface area contributed by atoms with Gasteiger partial charge in [0.1, 0.15) is 0 Å². The number of piperazine rings is 1. The molecular formula is C33H34F3N5O. The molecule has 1 amide bonds. The Kier molecular flexibility index (Phi) is 8.30. The Bertz CT molecular complexity index is 1590. The molecule has 218 valence electrons. The zero-order chi connectivity index (χ0) is 30.0. The van der Waals surface area contributed by atoms with Crippen LogP contribution in [0.25, 0.3) is 5.57 Å². The number of amides is 1. The van der Waals surface area contributed by atoms with Gasteiger partial charge in [0.15, 0.2) is 0 Å². The number of hydrogen-bond donors (Lipinski definition) is 2. The zero-order valence-electron chi connectivity index (χ0n) is 24.0. The van der Waals surface area contributed by atoms with Gasteiger partial charge in [-0.3, -0.25) is 9.69 Å². The van der Waals surface area contributed by atoms with Gasteiger partial charge in [0.2, 0.25) is 0 Å². The van der Waals surface area contributed by atoms with E-state index in [9.17, 15) is 18.0 Å². The van der Waals surface area contributed by atoms with E-state index in [0.717, 1.165) is 41.4 Å². The van der Waals surface area contributed by atoms with Gasteiger partial charge in [0.05, 0.1) is 5.56 Å². The van der Waals surface area contributed by atoms with Crippen molar-refractivity contribution < 1.29 is 18.0 Å². The van der Waals surface area contributed by atoms with Gasteiger partial charge < -0.3 is 20.9 Å². The van der Waals surface area contributed by atoms with Gasteiger partial charge >= 0.3 is 6.18 Å². The van der Waals surface area contributed by atoms with E-state index in [0.29, 0.717) is 36.6 Å². The van der Waals surface area contributed by atoms with Gasteiger partial charge in [-0.25, -0.2) is 0 Å². The molecule has 0 aromatic heterocycles. The second kappa shape index (κ2) is 11.9. The first-order chi connectivity index (χ1) is 20.0. The van der Waals surface area contributed by atoms with E-state index < -0.39 is 17.6 Å². The van der Waals surface area contributed by atoms with E-state index in [1.54, 1.807) is 12.1 Å². The standard InChI is InChI=1S/C33H34F3N5O/c1-22-7-12-27(17-23(22)8-10-25-19-40(3)21-29-28(25)5-4-6-31(29)37)38-32(42)24-9-11-26(30(18-24)33(34,35)36)20-41-15-13-39(2)14-16-41/h4-7,9,11-12,17-19H,13-16,20-21,37H2,1-3H3,(H,38,42). The number of nitrogens with one attached hydrogen (secondary N) is 1. The summed E-state index contributed by atoms with van der Waals surface area (Å²) in [5.74, 6) is 5.83. The maximum atomic E-state index is 14.0. The predicted octanol–water partition coefficient (Wildman–Crippen LogP) is 5.43. The van der Waals surface area contributed by atoms with Gasteiger partial charge in [0.25, 0.3) is 5.91 Å². The SMILES string of the molecule is Cc1ccc(NC(=O)c2ccc(CN3CCN(C)CC3)c(C(F)(F)F)c2)cc1C#CC1=CN(C)Cc2c(N)cccc21. The van der Waals surface area contributed by atoms with E-state index in [4.69, 9.17) is 5.73 Å². The fourth-order valence-corrected chi connectivity index (χ4v) is 5.26. The molecule has 0 spiro atoms. The first-order valence-electron chi connectivity index (χ1n) is 13.8. The largest absolute Gasteiger partial charge is 0.416 e. The van der Waals surface area contributed by atoms with Crippen LogP contribution in [0.2, 0.25) is 0 Å². The molecule has 2 aliphatic heterocycles. The lowest BCUT2D eigenvalue weighted by Gasteiger charge is -2.33. The Morgan fingerprint density at radius 1 is 1.00 bits per heavy atom. The molecule has 0 atom stereocenters. The summed E-state index contributed by atoms with van der Waals surface area (Å²) in [6.45, 7) is 5.81. The number of alkyl halides is 3. The second-order valence-corrected chi connectivity index (χ2v) is 11.0. The van der Waals surface area contributed by atoms with Crippen LogP contribution in [0.15, 0.2) is 60.8 Å². The summed E-state index contributed by atoms with van der Waals surface area (Å²) in [5, 5.41) is 2.75. The minimum absolute atomic E-state index is 0.0535. The number of hydrogen-bond acceptors (Lipinski definition) is 5. The highest BCUT2D eigenvalue weighted by Gasteiger charge is 2.34. The second-order valence-electron chi connectivity index (χ2n) is 11.0. The number of allylic oxidation sites excluding steroid dienone is 1. The fourth-order valence-electron chi connectivity index (χ4n) is 5.26. The molecule has 6 nitrogen and oxygen atoms in total. The van der Waals surface area contributed by atoms with Crippen molar-refractivity contribution in [1.29, 1.82) is 0 Å². The quantitative estimate of drug-likeness (QED) is 0.322. The summed E-state index contributed by atoms with van der Waals surface area (Å²) in [7, 11) is 3.96. The number of nitrogens with two attached hydrogens (primary N) is 1. The molecule has 1 saturated heterocycles. The van der Waals surface area contributed by atoms with E-state index >= 15 is 0 Å². The van der Waals surface area contributed by atoms with E-state index in [-0.39, 0.29) is 17.7 Å². The van der Waals surface area contributed by atoms with Crippen molar-refractivity contribution in [1.82, 2.24) is 14.7 Å². The highest BCUT2D eigenvalue weighted by atomic mass is 19.4. The van der Waals surface area contributed by atoms with Crippen molar-refractivity contribution in [3.8, 4) is 11.8 Å². The Balaban J connectivity index is 1.36. The number of rotatable bonds is 4. The molecule has 2 aliphatic rings. The smallest absolute Gasteiger partial charge is 0.398 e. The van der Waals surface area contributed by atoms with Gasteiger partial charge in [-0.05, 0) is 61.0 Å². The van der Waals surface area contributed by atoms with Crippen molar-refractivity contribution >= 4 is 22.9 Å². The minimum Gasteiger partial charge on any atom is -0.398 e. The monoisotopic (exact) mass is 573 g/mol. The van der Waals surface area contributed by atoms with E-state index in [1.807, 2.05) is 61.3 Å². The molecule has 0 unspecified atom stereocenters. The van der Waals surface area contributed by atoms with Gasteiger partial charge in [-0.1, -0.05) is 36.1 Å². The number of nitrogens with zero attached hydrogens (tertiary/aromatic N) is 3. The van der Waals surface area contributed by atoms with Crippen LogP contribution in [0, 0.1) is 18.8 Å². The Hall–Kier alpha value is -4.26. The molecule has 3 aromatic carbocycles. The average Bonchev–Trinajstić information content (AvgIpc) is 2.94. The van der Waals surface area contributed by atoms with Crippen LogP contribution in [0.4, 0.5) is 24.5 Å². The molecule has 2 heterocycles. The highest BCUT2D eigenvalue weighted by molar-refractivity contribution is 6.04. The number of aryl methyl sites for hydroxylation is 1. The minimum atomic E-state index is -4.57. The third-order valence-corrected chi connectivity index (χ3v) is 7.75. The normalized spacial score (nSPS) is 15.9. The fraction of sp³-hybridized carbons (Fsp3) is 0.303. The molecule has 42 heavy (non-hydrogen) atoms. The summed E-state index contributed by atoms with van der Waals surface area (Å²) in [6.07, 6.45) is -2.60. The maximum Gasteiger partial charge on any atom is 0.416 e. The lowest BCUT2D eigenvalue weighted by atomic mass is 9.95. The third kappa shape index (κ3) is 6.62. The van der Waals surface area contributed by atoms with Crippen LogP contribution in [0.5, 0.6) is 0 Å². The number of halogens is 3. The average molecular weight is 574 g/mol. The van der Waals surface area contributed by atoms with Gasteiger partial charge in [0, 0.05) is 86.2 Å². The number of likely N-dealkylation sites (N-methyl/N-ethyl adjacent to an activating group) is 1. The van der Waals surface area contributed by atoms with Gasteiger partial charge in [-0.15, -0.1) is 0 Å². The number of carbonyl (C=O) groups excluding carboxylic acids is 1. The first-order valence-corrected chi connectivity index (χ1v) is 13.8. The zero-order valence-corrected chi connectivity index (χ0v) is 24.0. The lowest BCUT2D eigenvalue weighted by Crippen LogP contribution is -2.44. The maximum absolute atomic E-state index is 14.0. The molecule has 9 heteroatoms.